The first kappa shape index (κ1) is 18.9. The molecule has 4 heteroatoms. The fourth-order valence-corrected chi connectivity index (χ4v) is 2.42. The number of anilines is 1. The molecule has 0 aliphatic rings. The molecule has 4 nitrogen and oxygen atoms in total. The third kappa shape index (κ3) is 6.42. The molecule has 0 fully saturated rings. The molecule has 0 spiro atoms. The van der Waals surface area contributed by atoms with Gasteiger partial charge in [-0.15, -0.1) is 0 Å². The predicted octanol–water partition coefficient (Wildman–Crippen LogP) is 5.59. The fraction of sp³-hybridized carbons (Fsp3) is 0. The third-order valence-electron chi connectivity index (χ3n) is 3.81. The minimum absolute atomic E-state index is 0.398. The van der Waals surface area contributed by atoms with Crippen LogP contribution in [0, 0.1) is 0 Å². The first-order valence-corrected chi connectivity index (χ1v) is 8.95. The van der Waals surface area contributed by atoms with Gasteiger partial charge in [0.25, 0.3) is 0 Å². The number of carbonyl (C=O) groups is 1. The Labute approximate surface area is 164 Å². The second-order valence-electron chi connectivity index (χ2n) is 5.96. The molecule has 0 bridgehead atoms. The molecular weight excluding hydrogens is 346 g/mol. The zero-order valence-electron chi connectivity index (χ0n) is 15.3. The Hall–Kier alpha value is -3.92. The molecule has 2 amide bonds. The number of hydrogen-bond acceptors (Lipinski definition) is 2. The first-order chi connectivity index (χ1) is 13.8. The van der Waals surface area contributed by atoms with Crippen LogP contribution in [0.2, 0.25) is 0 Å². The summed E-state index contributed by atoms with van der Waals surface area (Å²) in [4.78, 5) is 12.1. The van der Waals surface area contributed by atoms with Gasteiger partial charge in [0.1, 0.15) is 0 Å². The SMILES string of the molecule is O=C(NN=C(/C=C/c1ccccc1)/C=C/c1ccccc1)Nc1ccccc1. The summed E-state index contributed by atoms with van der Waals surface area (Å²) in [6.07, 6.45) is 7.62. The molecule has 0 unspecified atom stereocenters. The van der Waals surface area contributed by atoms with Crippen LogP contribution in [0.3, 0.4) is 0 Å². The molecule has 0 aliphatic heterocycles. The summed E-state index contributed by atoms with van der Waals surface area (Å²) >= 11 is 0. The molecule has 0 saturated carbocycles. The van der Waals surface area contributed by atoms with E-state index in [0.717, 1.165) is 11.1 Å². The lowest BCUT2D eigenvalue weighted by atomic mass is 10.1. The van der Waals surface area contributed by atoms with Crippen LogP contribution < -0.4 is 10.7 Å². The van der Waals surface area contributed by atoms with Gasteiger partial charge in [-0.2, -0.15) is 5.10 Å². The van der Waals surface area contributed by atoms with Crippen LogP contribution in [-0.4, -0.2) is 11.7 Å². The Balaban J connectivity index is 1.72. The van der Waals surface area contributed by atoms with Crippen LogP contribution in [0.25, 0.3) is 12.2 Å². The fourth-order valence-electron chi connectivity index (χ4n) is 2.42. The van der Waals surface area contributed by atoms with Crippen molar-refractivity contribution in [2.24, 2.45) is 5.10 Å². The number of nitrogens with one attached hydrogen (secondary N) is 2. The van der Waals surface area contributed by atoms with Crippen molar-refractivity contribution in [3.8, 4) is 0 Å². The van der Waals surface area contributed by atoms with Gasteiger partial charge in [-0.3, -0.25) is 0 Å². The summed E-state index contributed by atoms with van der Waals surface area (Å²) < 4.78 is 0. The summed E-state index contributed by atoms with van der Waals surface area (Å²) in [6, 6.07) is 28.7. The second-order valence-corrected chi connectivity index (χ2v) is 5.96. The highest BCUT2D eigenvalue weighted by atomic mass is 16.2. The Morgan fingerprint density at radius 2 is 1.14 bits per heavy atom. The van der Waals surface area contributed by atoms with Crippen LogP contribution in [0.15, 0.2) is 108 Å². The highest BCUT2D eigenvalue weighted by Gasteiger charge is 1.99. The number of allylic oxidation sites excluding steroid dienone is 2. The van der Waals surface area contributed by atoms with Crippen molar-refractivity contribution in [1.82, 2.24) is 5.43 Å². The summed E-state index contributed by atoms with van der Waals surface area (Å²) in [7, 11) is 0. The van der Waals surface area contributed by atoms with E-state index in [1.165, 1.54) is 0 Å². The second kappa shape index (κ2) is 10.3. The van der Waals surface area contributed by atoms with Crippen molar-refractivity contribution in [2.45, 2.75) is 0 Å². The van der Waals surface area contributed by atoms with Crippen LogP contribution >= 0.6 is 0 Å². The van der Waals surface area contributed by atoms with Gasteiger partial charge in [0.2, 0.25) is 0 Å². The van der Waals surface area contributed by atoms with Gasteiger partial charge in [0, 0.05) is 5.69 Å². The van der Waals surface area contributed by atoms with Gasteiger partial charge in [-0.05, 0) is 35.4 Å². The highest BCUT2D eigenvalue weighted by Crippen LogP contribution is 2.06. The molecule has 0 aliphatic carbocycles. The Morgan fingerprint density at radius 3 is 1.64 bits per heavy atom. The topological polar surface area (TPSA) is 53.5 Å². The molecule has 28 heavy (non-hydrogen) atoms. The average molecular weight is 367 g/mol. The lowest BCUT2D eigenvalue weighted by Gasteiger charge is -2.04. The van der Waals surface area contributed by atoms with E-state index in [1.54, 1.807) is 0 Å². The number of urea groups is 1. The number of rotatable bonds is 6. The van der Waals surface area contributed by atoms with Crippen molar-refractivity contribution >= 4 is 29.6 Å². The van der Waals surface area contributed by atoms with E-state index in [1.807, 2.05) is 115 Å². The van der Waals surface area contributed by atoms with E-state index in [0.29, 0.717) is 11.4 Å². The van der Waals surface area contributed by atoms with Crippen molar-refractivity contribution in [3.05, 3.63) is 114 Å². The van der Waals surface area contributed by atoms with Crippen molar-refractivity contribution in [3.63, 3.8) is 0 Å². The van der Waals surface area contributed by atoms with Crippen LogP contribution in [0.1, 0.15) is 11.1 Å². The van der Waals surface area contributed by atoms with Crippen molar-refractivity contribution in [2.75, 3.05) is 5.32 Å². The molecule has 0 heterocycles. The molecular formula is C24H21N3O. The summed E-state index contributed by atoms with van der Waals surface area (Å²) in [5.41, 5.74) is 5.97. The highest BCUT2D eigenvalue weighted by molar-refractivity contribution is 6.09. The monoisotopic (exact) mass is 367 g/mol. The molecule has 0 atom stereocenters. The van der Waals surface area contributed by atoms with Gasteiger partial charge in [0.05, 0.1) is 5.71 Å². The normalized spacial score (nSPS) is 10.7. The van der Waals surface area contributed by atoms with E-state index in [2.05, 4.69) is 15.8 Å². The zero-order chi connectivity index (χ0) is 19.4. The first-order valence-electron chi connectivity index (χ1n) is 8.95. The quantitative estimate of drug-likeness (QED) is 0.433. The smallest absolute Gasteiger partial charge is 0.307 e. The van der Waals surface area contributed by atoms with Gasteiger partial charge in [-0.1, -0.05) is 91.0 Å². The number of hydrogen-bond donors (Lipinski definition) is 2. The summed E-state index contributed by atoms with van der Waals surface area (Å²) in [6.45, 7) is 0. The Bertz CT molecular complexity index is 911. The molecule has 3 aromatic rings. The summed E-state index contributed by atoms with van der Waals surface area (Å²) in [5.74, 6) is 0. The lowest BCUT2D eigenvalue weighted by Crippen LogP contribution is -2.24. The van der Waals surface area contributed by atoms with E-state index in [-0.39, 0.29) is 0 Å². The van der Waals surface area contributed by atoms with Crippen LogP contribution in [-0.2, 0) is 0 Å². The maximum atomic E-state index is 12.1. The summed E-state index contributed by atoms with van der Waals surface area (Å²) in [5, 5.41) is 6.97. The molecule has 138 valence electrons. The predicted molar refractivity (Wildman–Crippen MR) is 117 cm³/mol. The van der Waals surface area contributed by atoms with E-state index in [4.69, 9.17) is 0 Å². The van der Waals surface area contributed by atoms with E-state index in [9.17, 15) is 4.79 Å². The van der Waals surface area contributed by atoms with E-state index < -0.39 is 6.03 Å². The van der Waals surface area contributed by atoms with E-state index >= 15 is 0 Å². The minimum atomic E-state index is -0.398. The van der Waals surface area contributed by atoms with Crippen LogP contribution in [0.5, 0.6) is 0 Å². The Kier molecular flexibility index (Phi) is 6.93. The number of nitrogens with zero attached hydrogens (tertiary/aromatic N) is 1. The maximum Gasteiger partial charge on any atom is 0.339 e. The van der Waals surface area contributed by atoms with Gasteiger partial charge < -0.3 is 5.32 Å². The molecule has 0 aromatic heterocycles. The molecule has 3 rings (SSSR count). The molecule has 0 radical (unpaired) electrons. The lowest BCUT2D eigenvalue weighted by molar-refractivity contribution is 0.252. The van der Waals surface area contributed by atoms with Crippen LogP contribution in [0.4, 0.5) is 10.5 Å². The van der Waals surface area contributed by atoms with Gasteiger partial charge >= 0.3 is 6.03 Å². The number of carbonyl (C=O) groups excluding carboxylic acids is 1. The molecule has 2 N–H and O–H groups in total. The molecule has 3 aromatic carbocycles. The number of amides is 2. The van der Waals surface area contributed by atoms with Gasteiger partial charge in [0.15, 0.2) is 0 Å². The van der Waals surface area contributed by atoms with Gasteiger partial charge in [-0.25, -0.2) is 10.2 Å². The zero-order valence-corrected chi connectivity index (χ0v) is 15.3. The number of para-hydroxylation sites is 1. The average Bonchev–Trinajstić information content (AvgIpc) is 2.75. The number of hydrazone groups is 1. The third-order valence-corrected chi connectivity index (χ3v) is 3.81. The van der Waals surface area contributed by atoms with Crippen molar-refractivity contribution in [1.29, 1.82) is 0 Å². The molecule has 0 saturated heterocycles. The maximum absolute atomic E-state index is 12.1. The minimum Gasteiger partial charge on any atom is -0.307 e. The van der Waals surface area contributed by atoms with Crippen molar-refractivity contribution < 1.29 is 4.79 Å². The largest absolute Gasteiger partial charge is 0.339 e. The number of benzene rings is 3. The Morgan fingerprint density at radius 1 is 0.679 bits per heavy atom. The standard InChI is InChI=1S/C24H21N3O/c28-24(25-22-14-8-3-9-15-22)27-26-23(18-16-20-10-4-1-5-11-20)19-17-21-12-6-2-7-13-21/h1-19H,(H2,25,27,28)/b18-16+,19-17+.